The van der Waals surface area contributed by atoms with E-state index in [0.29, 0.717) is 5.02 Å². The van der Waals surface area contributed by atoms with E-state index in [1.807, 2.05) is 0 Å². The van der Waals surface area contributed by atoms with E-state index < -0.39 is 41.9 Å². The number of carboxylic acid groups (broad SMARTS) is 1. The van der Waals surface area contributed by atoms with Gasteiger partial charge in [-0.2, -0.15) is 0 Å². The van der Waals surface area contributed by atoms with Crippen molar-refractivity contribution in [3.05, 3.63) is 51.7 Å². The van der Waals surface area contributed by atoms with E-state index in [0.717, 1.165) is 17.4 Å². The van der Waals surface area contributed by atoms with Gasteiger partial charge in [-0.1, -0.05) is 11.6 Å². The van der Waals surface area contributed by atoms with E-state index in [1.165, 1.54) is 23.1 Å². The van der Waals surface area contributed by atoms with Crippen LogP contribution in [0.5, 0.6) is 5.75 Å². The number of thiazole rings is 1. The fourth-order valence-electron chi connectivity index (χ4n) is 2.97. The van der Waals surface area contributed by atoms with Crippen molar-refractivity contribution in [2.45, 2.75) is 19.1 Å². The third kappa shape index (κ3) is 3.49. The summed E-state index contributed by atoms with van der Waals surface area (Å²) in [7, 11) is 0. The molecule has 0 radical (unpaired) electrons. The molecule has 1 unspecified atom stereocenters. The number of benzene rings is 2. The van der Waals surface area contributed by atoms with Gasteiger partial charge in [-0.25, -0.2) is 18.2 Å². The third-order valence-corrected chi connectivity index (χ3v) is 5.46. The van der Waals surface area contributed by atoms with Gasteiger partial charge in [0.05, 0.1) is 23.4 Å². The first-order valence-corrected chi connectivity index (χ1v) is 9.36. The van der Waals surface area contributed by atoms with Crippen LogP contribution in [0, 0.1) is 17.5 Å². The van der Waals surface area contributed by atoms with Crippen molar-refractivity contribution < 1.29 is 32.6 Å². The minimum absolute atomic E-state index is 0.0745. The lowest BCUT2D eigenvalue weighted by atomic mass is 10.1. The Labute approximate surface area is 170 Å². The molecule has 6 nitrogen and oxygen atoms in total. The number of halogens is 4. The van der Waals surface area contributed by atoms with Crippen LogP contribution in [0.3, 0.4) is 0 Å². The Bertz CT molecular complexity index is 1170. The second-order valence-electron chi connectivity index (χ2n) is 6.18. The van der Waals surface area contributed by atoms with Gasteiger partial charge in [0.2, 0.25) is 0 Å². The van der Waals surface area contributed by atoms with E-state index >= 15 is 0 Å². The maximum atomic E-state index is 14.0. The molecule has 1 aliphatic rings. The Hall–Kier alpha value is -2.85. The molecule has 2 heterocycles. The zero-order valence-corrected chi connectivity index (χ0v) is 15.9. The predicted molar refractivity (Wildman–Crippen MR) is 98.8 cm³/mol. The highest BCUT2D eigenvalue weighted by Gasteiger charge is 2.36. The summed E-state index contributed by atoms with van der Waals surface area (Å²) in [6.45, 7) is -0.187. The summed E-state index contributed by atoms with van der Waals surface area (Å²) in [6, 6.07) is 5.30. The fourth-order valence-corrected chi connectivity index (χ4v) is 4.12. The van der Waals surface area contributed by atoms with E-state index in [4.69, 9.17) is 21.4 Å². The molecule has 0 saturated heterocycles. The van der Waals surface area contributed by atoms with Gasteiger partial charge in [-0.3, -0.25) is 14.5 Å². The largest absolute Gasteiger partial charge is 0.481 e. The number of hydrogen-bond donors (Lipinski definition) is 1. The van der Waals surface area contributed by atoms with E-state index in [2.05, 4.69) is 4.98 Å². The number of aliphatic carboxylic acids is 1. The quantitative estimate of drug-likeness (QED) is 0.614. The van der Waals surface area contributed by atoms with Crippen LogP contribution in [-0.2, 0) is 16.1 Å². The van der Waals surface area contributed by atoms with Gasteiger partial charge < -0.3 is 9.84 Å². The SMILES string of the molecule is O=C(O)CC1Oc2ccc(Cl)cc2N(Cc2nc3c(F)c(F)c(F)cc3s2)C1=O. The number of anilines is 1. The maximum Gasteiger partial charge on any atom is 0.307 e. The molecule has 0 aliphatic carbocycles. The first-order chi connectivity index (χ1) is 13.7. The zero-order valence-electron chi connectivity index (χ0n) is 14.3. The molecule has 11 heteroatoms. The summed E-state index contributed by atoms with van der Waals surface area (Å²) in [6.07, 6.45) is -1.84. The average molecular weight is 443 g/mol. The lowest BCUT2D eigenvalue weighted by Gasteiger charge is -2.33. The molecule has 0 fully saturated rings. The van der Waals surface area contributed by atoms with Crippen LogP contribution in [0.2, 0.25) is 5.02 Å². The second-order valence-corrected chi connectivity index (χ2v) is 7.73. The number of fused-ring (bicyclic) bond motifs is 2. The molecule has 1 amide bonds. The standard InChI is InChI=1S/C18H10ClF3N2O4S/c19-7-1-2-10-9(3-7)24(18(27)11(28-10)5-14(25)26)6-13-23-17-12(29-13)4-8(20)15(21)16(17)22/h1-4,11H,5-6H2,(H,25,26). The first kappa shape index (κ1) is 19.5. The van der Waals surface area contributed by atoms with Crippen molar-refractivity contribution in [3.8, 4) is 5.75 Å². The fraction of sp³-hybridized carbons (Fsp3) is 0.167. The number of amides is 1. The number of nitrogens with zero attached hydrogens (tertiary/aromatic N) is 2. The lowest BCUT2D eigenvalue weighted by Crippen LogP contribution is -2.46. The van der Waals surface area contributed by atoms with Gasteiger partial charge in [0.25, 0.3) is 5.91 Å². The van der Waals surface area contributed by atoms with Crippen molar-refractivity contribution in [1.82, 2.24) is 4.98 Å². The Morgan fingerprint density at radius 1 is 1.28 bits per heavy atom. The molecule has 4 rings (SSSR count). The summed E-state index contributed by atoms with van der Waals surface area (Å²) in [4.78, 5) is 29.1. The van der Waals surface area contributed by atoms with Crippen molar-refractivity contribution >= 4 is 50.7 Å². The minimum Gasteiger partial charge on any atom is -0.481 e. The summed E-state index contributed by atoms with van der Waals surface area (Å²) >= 11 is 6.88. The summed E-state index contributed by atoms with van der Waals surface area (Å²) in [5.41, 5.74) is -0.0701. The molecule has 29 heavy (non-hydrogen) atoms. The molecule has 0 bridgehead atoms. The van der Waals surface area contributed by atoms with Crippen LogP contribution >= 0.6 is 22.9 Å². The number of aromatic nitrogens is 1. The lowest BCUT2D eigenvalue weighted by molar-refractivity contribution is -0.142. The summed E-state index contributed by atoms with van der Waals surface area (Å²) in [5, 5.41) is 9.54. The highest BCUT2D eigenvalue weighted by Crippen LogP contribution is 2.38. The number of rotatable bonds is 4. The summed E-state index contributed by atoms with van der Waals surface area (Å²) in [5.74, 6) is -6.03. The van der Waals surface area contributed by atoms with Crippen LogP contribution in [0.15, 0.2) is 24.3 Å². The van der Waals surface area contributed by atoms with Gasteiger partial charge in [0.15, 0.2) is 23.6 Å². The van der Waals surface area contributed by atoms with E-state index in [1.54, 1.807) is 0 Å². The van der Waals surface area contributed by atoms with Gasteiger partial charge >= 0.3 is 5.97 Å². The minimum atomic E-state index is -1.63. The van der Waals surface area contributed by atoms with Crippen LogP contribution in [0.25, 0.3) is 10.2 Å². The van der Waals surface area contributed by atoms with Crippen LogP contribution in [0.1, 0.15) is 11.4 Å². The molecule has 150 valence electrons. The molecule has 0 saturated carbocycles. The maximum absolute atomic E-state index is 14.0. The molecule has 2 aromatic carbocycles. The zero-order chi connectivity index (χ0) is 20.9. The van der Waals surface area contributed by atoms with Gasteiger partial charge in [-0.15, -0.1) is 11.3 Å². The number of ether oxygens (including phenoxy) is 1. The normalized spacial score (nSPS) is 16.1. The highest BCUT2D eigenvalue weighted by atomic mass is 35.5. The van der Waals surface area contributed by atoms with Crippen molar-refractivity contribution in [2.75, 3.05) is 4.90 Å². The third-order valence-electron chi connectivity index (χ3n) is 4.24. The van der Waals surface area contributed by atoms with Gasteiger partial charge in [0, 0.05) is 5.02 Å². The van der Waals surface area contributed by atoms with Crippen molar-refractivity contribution in [1.29, 1.82) is 0 Å². The topological polar surface area (TPSA) is 79.7 Å². The van der Waals surface area contributed by atoms with Gasteiger partial charge in [0.1, 0.15) is 16.3 Å². The molecule has 1 aliphatic heterocycles. The molecular formula is C18H10ClF3N2O4S. The Morgan fingerprint density at radius 2 is 2.03 bits per heavy atom. The van der Waals surface area contributed by atoms with Crippen molar-refractivity contribution in [3.63, 3.8) is 0 Å². The first-order valence-electron chi connectivity index (χ1n) is 8.17. The van der Waals surface area contributed by atoms with Crippen molar-refractivity contribution in [2.24, 2.45) is 0 Å². The molecule has 1 N–H and O–H groups in total. The Kier molecular flexibility index (Phi) is 4.83. The van der Waals surface area contributed by atoms with E-state index in [9.17, 15) is 22.8 Å². The molecule has 3 aromatic rings. The monoisotopic (exact) mass is 442 g/mol. The predicted octanol–water partition coefficient (Wildman–Crippen LogP) is 4.14. The second kappa shape index (κ2) is 7.20. The molecule has 1 aromatic heterocycles. The summed E-state index contributed by atoms with van der Waals surface area (Å²) < 4.78 is 46.5. The highest BCUT2D eigenvalue weighted by molar-refractivity contribution is 7.18. The number of hydrogen-bond acceptors (Lipinski definition) is 5. The van der Waals surface area contributed by atoms with Crippen LogP contribution in [-0.4, -0.2) is 28.1 Å². The Morgan fingerprint density at radius 3 is 2.76 bits per heavy atom. The average Bonchev–Trinajstić information content (AvgIpc) is 3.06. The van der Waals surface area contributed by atoms with Crippen LogP contribution < -0.4 is 9.64 Å². The smallest absolute Gasteiger partial charge is 0.307 e. The number of carboxylic acids is 1. The molecular weight excluding hydrogens is 433 g/mol. The van der Waals surface area contributed by atoms with E-state index in [-0.39, 0.29) is 33.2 Å². The Balaban J connectivity index is 1.75. The molecule has 1 atom stereocenters. The van der Waals surface area contributed by atoms with Gasteiger partial charge in [-0.05, 0) is 24.3 Å². The number of carbonyl (C=O) groups excluding carboxylic acids is 1. The number of carbonyl (C=O) groups is 2. The van der Waals surface area contributed by atoms with Crippen LogP contribution in [0.4, 0.5) is 18.9 Å². The molecule has 0 spiro atoms.